The van der Waals surface area contributed by atoms with E-state index in [0.717, 1.165) is 19.4 Å². The molecule has 2 aromatic carbocycles. The van der Waals surface area contributed by atoms with Crippen LogP contribution in [-0.4, -0.2) is 35.8 Å². The quantitative estimate of drug-likeness (QED) is 0.703. The number of alkyl halides is 2. The SMILES string of the molecule is COC(=O)C1=CN(C(=O)OCc2ccccc2)C(C(F)(F)c2ccccc2)=C[C@@H]1CO. The molecule has 1 heterocycles. The Balaban J connectivity index is 1.98. The Morgan fingerprint density at radius 1 is 1.06 bits per heavy atom. The van der Waals surface area contributed by atoms with Crippen LogP contribution in [0.3, 0.4) is 0 Å². The van der Waals surface area contributed by atoms with Crippen LogP contribution in [-0.2, 0) is 26.8 Å². The number of carbonyl (C=O) groups is 2. The largest absolute Gasteiger partial charge is 0.466 e. The number of carbonyl (C=O) groups excluding carboxylic acids is 2. The Bertz CT molecular complexity index is 990. The Morgan fingerprint density at radius 3 is 2.26 bits per heavy atom. The summed E-state index contributed by atoms with van der Waals surface area (Å²) in [6.45, 7) is -0.770. The van der Waals surface area contributed by atoms with Crippen LogP contribution >= 0.6 is 0 Å². The van der Waals surface area contributed by atoms with Gasteiger partial charge in [0.15, 0.2) is 0 Å². The maximum absolute atomic E-state index is 15.4. The van der Waals surface area contributed by atoms with E-state index in [0.29, 0.717) is 10.5 Å². The van der Waals surface area contributed by atoms with Crippen LogP contribution in [0.4, 0.5) is 13.6 Å². The minimum Gasteiger partial charge on any atom is -0.466 e. The van der Waals surface area contributed by atoms with Gasteiger partial charge in [0.25, 0.3) is 0 Å². The Kier molecular flexibility index (Phi) is 6.81. The highest BCUT2D eigenvalue weighted by molar-refractivity contribution is 5.91. The minimum absolute atomic E-state index is 0.144. The van der Waals surface area contributed by atoms with Gasteiger partial charge in [0.05, 0.1) is 25.0 Å². The van der Waals surface area contributed by atoms with Gasteiger partial charge >= 0.3 is 18.0 Å². The molecular formula is C23H21F2NO5. The van der Waals surface area contributed by atoms with Gasteiger partial charge in [-0.2, -0.15) is 8.78 Å². The Hall–Kier alpha value is -3.52. The first-order chi connectivity index (χ1) is 14.9. The Labute approximate surface area is 178 Å². The predicted molar refractivity (Wildman–Crippen MR) is 108 cm³/mol. The van der Waals surface area contributed by atoms with E-state index in [4.69, 9.17) is 4.74 Å². The third-order valence-electron chi connectivity index (χ3n) is 4.76. The average Bonchev–Trinajstić information content (AvgIpc) is 2.82. The van der Waals surface area contributed by atoms with Gasteiger partial charge in [0, 0.05) is 17.7 Å². The second-order valence-electron chi connectivity index (χ2n) is 6.77. The maximum atomic E-state index is 15.4. The number of halogens is 2. The monoisotopic (exact) mass is 429 g/mol. The summed E-state index contributed by atoms with van der Waals surface area (Å²) in [5, 5.41) is 9.66. The summed E-state index contributed by atoms with van der Waals surface area (Å²) in [6.07, 6.45) is 0.832. The van der Waals surface area contributed by atoms with Crippen molar-refractivity contribution >= 4 is 12.1 Å². The molecule has 6 nitrogen and oxygen atoms in total. The molecule has 1 aliphatic rings. The van der Waals surface area contributed by atoms with Crippen molar-refractivity contribution < 1.29 is 33.0 Å². The van der Waals surface area contributed by atoms with Crippen molar-refractivity contribution in [3.63, 3.8) is 0 Å². The van der Waals surface area contributed by atoms with Crippen molar-refractivity contribution in [1.29, 1.82) is 0 Å². The van der Waals surface area contributed by atoms with Gasteiger partial charge in [-0.15, -0.1) is 0 Å². The molecular weight excluding hydrogens is 408 g/mol. The van der Waals surface area contributed by atoms with Crippen molar-refractivity contribution in [2.75, 3.05) is 13.7 Å². The van der Waals surface area contributed by atoms with Crippen molar-refractivity contribution in [2.24, 2.45) is 5.92 Å². The highest BCUT2D eigenvalue weighted by Gasteiger charge is 2.45. The van der Waals surface area contributed by atoms with Gasteiger partial charge in [-0.1, -0.05) is 60.7 Å². The topological polar surface area (TPSA) is 76.1 Å². The lowest BCUT2D eigenvalue weighted by molar-refractivity contribution is -0.136. The molecule has 1 atom stereocenters. The number of benzene rings is 2. The predicted octanol–water partition coefficient (Wildman–Crippen LogP) is 3.98. The molecule has 0 saturated carbocycles. The number of hydrogen-bond donors (Lipinski definition) is 1. The molecule has 1 amide bonds. The molecule has 0 aliphatic carbocycles. The summed E-state index contributed by atoms with van der Waals surface area (Å²) in [5.41, 5.74) is -0.551. The van der Waals surface area contributed by atoms with Crippen molar-refractivity contribution in [1.82, 2.24) is 4.90 Å². The first-order valence-corrected chi connectivity index (χ1v) is 9.45. The van der Waals surface area contributed by atoms with E-state index >= 15 is 8.78 Å². The fourth-order valence-corrected chi connectivity index (χ4v) is 3.13. The second kappa shape index (κ2) is 9.53. The number of methoxy groups -OCH3 is 1. The van der Waals surface area contributed by atoms with Crippen molar-refractivity contribution in [2.45, 2.75) is 12.5 Å². The molecule has 0 aromatic heterocycles. The molecule has 1 N–H and O–H groups in total. The lowest BCUT2D eigenvalue weighted by Crippen LogP contribution is -2.39. The van der Waals surface area contributed by atoms with E-state index < -0.39 is 36.2 Å². The van der Waals surface area contributed by atoms with Crippen molar-refractivity contribution in [3.8, 4) is 0 Å². The highest BCUT2D eigenvalue weighted by atomic mass is 19.3. The van der Waals surface area contributed by atoms with Crippen LogP contribution in [0.2, 0.25) is 0 Å². The molecule has 1 aliphatic heterocycles. The summed E-state index contributed by atoms with van der Waals surface area (Å²) in [7, 11) is 1.12. The zero-order valence-electron chi connectivity index (χ0n) is 16.7. The first-order valence-electron chi connectivity index (χ1n) is 9.45. The fraction of sp³-hybridized carbons (Fsp3) is 0.217. The first kappa shape index (κ1) is 22.2. The molecule has 0 unspecified atom stereocenters. The molecule has 0 saturated heterocycles. The second-order valence-corrected chi connectivity index (χ2v) is 6.77. The van der Waals surface area contributed by atoms with Gasteiger partial charge in [-0.25, -0.2) is 9.59 Å². The van der Waals surface area contributed by atoms with Crippen LogP contribution in [0.15, 0.2) is 84.2 Å². The number of nitrogens with zero attached hydrogens (tertiary/aromatic N) is 1. The number of amides is 1. The number of hydrogen-bond acceptors (Lipinski definition) is 5. The molecule has 162 valence electrons. The maximum Gasteiger partial charge on any atom is 0.418 e. The number of esters is 1. The highest BCUT2D eigenvalue weighted by Crippen LogP contribution is 2.41. The van der Waals surface area contributed by atoms with Gasteiger partial charge < -0.3 is 14.6 Å². The lowest BCUT2D eigenvalue weighted by atomic mass is 9.92. The van der Waals surface area contributed by atoms with E-state index in [1.807, 2.05) is 0 Å². The molecule has 0 fully saturated rings. The molecule has 0 spiro atoms. The van der Waals surface area contributed by atoms with Crippen LogP contribution < -0.4 is 0 Å². The van der Waals surface area contributed by atoms with Crippen molar-refractivity contribution in [3.05, 3.63) is 95.3 Å². The van der Waals surface area contributed by atoms with E-state index in [1.165, 1.54) is 24.3 Å². The standard InChI is InChI=1S/C23H21F2NO5/c1-30-21(28)19-13-26(22(29)31-15-16-8-4-2-5-9-16)20(12-17(19)14-27)23(24,25)18-10-6-3-7-11-18/h2-13,17,27H,14-15H2,1H3/t17-/m1/s1. The van der Waals surface area contributed by atoms with E-state index in [-0.39, 0.29) is 17.7 Å². The van der Waals surface area contributed by atoms with Gasteiger partial charge in [-0.05, 0) is 11.6 Å². The number of aliphatic hydroxyl groups is 1. The molecule has 8 heteroatoms. The minimum atomic E-state index is -3.60. The molecule has 31 heavy (non-hydrogen) atoms. The zero-order valence-corrected chi connectivity index (χ0v) is 16.7. The van der Waals surface area contributed by atoms with Gasteiger partial charge in [0.2, 0.25) is 0 Å². The summed E-state index contributed by atoms with van der Waals surface area (Å²) >= 11 is 0. The average molecular weight is 429 g/mol. The number of rotatable bonds is 6. The van der Waals surface area contributed by atoms with Crippen LogP contribution in [0.25, 0.3) is 0 Å². The summed E-state index contributed by atoms with van der Waals surface area (Å²) in [5.74, 6) is -5.52. The number of aliphatic hydroxyl groups excluding tert-OH is 1. The number of ether oxygens (including phenoxy) is 2. The van der Waals surface area contributed by atoms with E-state index in [9.17, 15) is 14.7 Å². The van der Waals surface area contributed by atoms with E-state index in [1.54, 1.807) is 36.4 Å². The van der Waals surface area contributed by atoms with Crippen LogP contribution in [0.1, 0.15) is 11.1 Å². The van der Waals surface area contributed by atoms with E-state index in [2.05, 4.69) is 4.74 Å². The summed E-state index contributed by atoms with van der Waals surface area (Å²) in [6, 6.07) is 15.7. The lowest BCUT2D eigenvalue weighted by Gasteiger charge is -2.33. The zero-order chi connectivity index (χ0) is 22.4. The smallest absolute Gasteiger partial charge is 0.418 e. The third kappa shape index (κ3) is 4.80. The van der Waals surface area contributed by atoms with Crippen LogP contribution in [0.5, 0.6) is 0 Å². The van der Waals surface area contributed by atoms with Gasteiger partial charge in [0.1, 0.15) is 6.61 Å². The van der Waals surface area contributed by atoms with Crippen LogP contribution in [0, 0.1) is 5.92 Å². The molecule has 3 rings (SSSR count). The normalized spacial score (nSPS) is 16.3. The third-order valence-corrected chi connectivity index (χ3v) is 4.76. The number of allylic oxidation sites excluding steroid dienone is 1. The molecule has 2 aromatic rings. The molecule has 0 radical (unpaired) electrons. The summed E-state index contributed by atoms with van der Waals surface area (Å²) in [4.78, 5) is 25.5. The molecule has 0 bridgehead atoms. The van der Waals surface area contributed by atoms with Gasteiger partial charge in [-0.3, -0.25) is 4.90 Å². The fourth-order valence-electron chi connectivity index (χ4n) is 3.13. The summed E-state index contributed by atoms with van der Waals surface area (Å²) < 4.78 is 40.7. The Morgan fingerprint density at radius 2 is 1.68 bits per heavy atom.